The first-order chi connectivity index (χ1) is 13.3. The lowest BCUT2D eigenvalue weighted by atomic mass is 10.1. The molecule has 1 aliphatic heterocycles. The summed E-state index contributed by atoms with van der Waals surface area (Å²) in [7, 11) is -2.99. The quantitative estimate of drug-likeness (QED) is 0.734. The molecule has 6 heteroatoms. The van der Waals surface area contributed by atoms with Gasteiger partial charge in [-0.25, -0.2) is 8.42 Å². The molecule has 0 bridgehead atoms. The Bertz CT molecular complexity index is 880. The molecule has 152 valence electrons. The highest BCUT2D eigenvalue weighted by Gasteiger charge is 2.33. The van der Waals surface area contributed by atoms with Crippen molar-refractivity contribution in [3.05, 3.63) is 65.2 Å². The van der Waals surface area contributed by atoms with Gasteiger partial charge in [0, 0.05) is 19.1 Å². The molecule has 2 aromatic rings. The van der Waals surface area contributed by atoms with Gasteiger partial charge in [-0.15, -0.1) is 0 Å². The second-order valence-corrected chi connectivity index (χ2v) is 9.98. The summed E-state index contributed by atoms with van der Waals surface area (Å²) in [6.07, 6.45) is -0.0890. The number of ether oxygens (including phenoxy) is 1. The smallest absolute Gasteiger partial charge is 0.151 e. The fourth-order valence-corrected chi connectivity index (χ4v) is 5.32. The minimum absolute atomic E-state index is 0.0695. The SMILES string of the molecule is Cc1ccc(CN(CC(O)COc2cccc(C)c2)C2CCS(=O)(=O)C2)cc1. The van der Waals surface area contributed by atoms with Crippen molar-refractivity contribution in [3.63, 3.8) is 0 Å². The van der Waals surface area contributed by atoms with Gasteiger partial charge in [0.2, 0.25) is 0 Å². The van der Waals surface area contributed by atoms with E-state index in [1.54, 1.807) is 0 Å². The van der Waals surface area contributed by atoms with Crippen molar-refractivity contribution in [1.29, 1.82) is 0 Å². The van der Waals surface area contributed by atoms with E-state index in [0.29, 0.717) is 19.5 Å². The van der Waals surface area contributed by atoms with Crippen LogP contribution in [-0.2, 0) is 16.4 Å². The molecule has 3 rings (SSSR count). The van der Waals surface area contributed by atoms with Crippen LogP contribution < -0.4 is 4.74 Å². The van der Waals surface area contributed by atoms with Crippen LogP contribution in [0.1, 0.15) is 23.1 Å². The normalized spacial score (nSPS) is 19.6. The van der Waals surface area contributed by atoms with Crippen LogP contribution in [-0.4, -0.2) is 55.2 Å². The molecular formula is C22H29NO4S. The molecule has 0 spiro atoms. The van der Waals surface area contributed by atoms with Gasteiger partial charge in [0.1, 0.15) is 18.5 Å². The Hall–Kier alpha value is -1.89. The van der Waals surface area contributed by atoms with Crippen molar-refractivity contribution in [2.24, 2.45) is 0 Å². The fourth-order valence-electron chi connectivity index (χ4n) is 3.56. The molecule has 0 radical (unpaired) electrons. The van der Waals surface area contributed by atoms with Gasteiger partial charge >= 0.3 is 0 Å². The Morgan fingerprint density at radius 2 is 1.89 bits per heavy atom. The number of rotatable bonds is 8. The van der Waals surface area contributed by atoms with Crippen LogP contribution in [0.25, 0.3) is 0 Å². The van der Waals surface area contributed by atoms with Crippen LogP contribution in [0.15, 0.2) is 48.5 Å². The predicted molar refractivity (Wildman–Crippen MR) is 111 cm³/mol. The number of hydrogen-bond donors (Lipinski definition) is 1. The molecule has 2 aromatic carbocycles. The summed E-state index contributed by atoms with van der Waals surface area (Å²) in [5.41, 5.74) is 3.40. The number of aryl methyl sites for hydroxylation is 2. The predicted octanol–water partition coefficient (Wildman–Crippen LogP) is 2.73. The molecule has 1 heterocycles. The van der Waals surface area contributed by atoms with Gasteiger partial charge in [-0.1, -0.05) is 42.0 Å². The lowest BCUT2D eigenvalue weighted by molar-refractivity contribution is 0.0524. The van der Waals surface area contributed by atoms with Crippen LogP contribution in [0, 0.1) is 13.8 Å². The molecule has 2 unspecified atom stereocenters. The van der Waals surface area contributed by atoms with Gasteiger partial charge in [0.25, 0.3) is 0 Å². The third-order valence-electron chi connectivity index (χ3n) is 5.11. The van der Waals surface area contributed by atoms with Gasteiger partial charge in [-0.3, -0.25) is 4.90 Å². The van der Waals surface area contributed by atoms with Crippen LogP contribution in [0.5, 0.6) is 5.75 Å². The van der Waals surface area contributed by atoms with Crippen LogP contribution in [0.3, 0.4) is 0 Å². The summed E-state index contributed by atoms with van der Waals surface area (Å²) in [5.74, 6) is 1.11. The van der Waals surface area contributed by atoms with Gasteiger partial charge in [0.15, 0.2) is 9.84 Å². The molecule has 1 aliphatic rings. The third-order valence-corrected chi connectivity index (χ3v) is 6.86. The second kappa shape index (κ2) is 9.07. The number of benzene rings is 2. The first-order valence-corrected chi connectivity index (χ1v) is 11.5. The zero-order chi connectivity index (χ0) is 20.1. The Labute approximate surface area is 167 Å². The Balaban J connectivity index is 1.64. The van der Waals surface area contributed by atoms with Crippen LogP contribution >= 0.6 is 0 Å². The van der Waals surface area contributed by atoms with Crippen LogP contribution in [0.2, 0.25) is 0 Å². The number of aliphatic hydroxyl groups is 1. The van der Waals surface area contributed by atoms with E-state index < -0.39 is 15.9 Å². The van der Waals surface area contributed by atoms with Gasteiger partial charge in [-0.2, -0.15) is 0 Å². The fraction of sp³-hybridized carbons (Fsp3) is 0.455. The molecule has 0 aromatic heterocycles. The largest absolute Gasteiger partial charge is 0.491 e. The van der Waals surface area contributed by atoms with E-state index in [4.69, 9.17) is 4.74 Å². The highest BCUT2D eigenvalue weighted by molar-refractivity contribution is 7.91. The molecule has 0 amide bonds. The number of aliphatic hydroxyl groups excluding tert-OH is 1. The number of sulfone groups is 1. The molecule has 1 N–H and O–H groups in total. The van der Waals surface area contributed by atoms with Crippen molar-refractivity contribution < 1.29 is 18.3 Å². The van der Waals surface area contributed by atoms with Crippen molar-refractivity contribution in [2.45, 2.75) is 39.0 Å². The topological polar surface area (TPSA) is 66.8 Å². The lowest BCUT2D eigenvalue weighted by Crippen LogP contribution is -2.42. The van der Waals surface area contributed by atoms with Crippen molar-refractivity contribution >= 4 is 9.84 Å². The Morgan fingerprint density at radius 3 is 2.54 bits per heavy atom. The molecule has 28 heavy (non-hydrogen) atoms. The van der Waals surface area contributed by atoms with E-state index in [0.717, 1.165) is 16.9 Å². The van der Waals surface area contributed by atoms with Crippen molar-refractivity contribution in [3.8, 4) is 5.75 Å². The third kappa shape index (κ3) is 6.06. The number of hydrogen-bond acceptors (Lipinski definition) is 5. The maximum Gasteiger partial charge on any atom is 0.151 e. The second-order valence-electron chi connectivity index (χ2n) is 7.75. The first-order valence-electron chi connectivity index (χ1n) is 9.68. The average Bonchev–Trinajstić information content (AvgIpc) is 3.01. The van der Waals surface area contributed by atoms with E-state index >= 15 is 0 Å². The van der Waals surface area contributed by atoms with E-state index in [1.807, 2.05) is 38.1 Å². The zero-order valence-electron chi connectivity index (χ0n) is 16.5. The minimum Gasteiger partial charge on any atom is -0.491 e. The Kier molecular flexibility index (Phi) is 6.75. The summed E-state index contributed by atoms with van der Waals surface area (Å²) in [4.78, 5) is 2.08. The lowest BCUT2D eigenvalue weighted by Gasteiger charge is -2.30. The molecular weight excluding hydrogens is 374 g/mol. The maximum atomic E-state index is 12.0. The number of nitrogens with zero attached hydrogens (tertiary/aromatic N) is 1. The van der Waals surface area contributed by atoms with Gasteiger partial charge in [0.05, 0.1) is 11.5 Å². The first kappa shape index (κ1) is 20.8. The molecule has 0 aliphatic carbocycles. The zero-order valence-corrected chi connectivity index (χ0v) is 17.4. The van der Waals surface area contributed by atoms with E-state index in [1.165, 1.54) is 5.56 Å². The van der Waals surface area contributed by atoms with Crippen molar-refractivity contribution in [2.75, 3.05) is 24.7 Å². The Morgan fingerprint density at radius 1 is 1.14 bits per heavy atom. The summed E-state index contributed by atoms with van der Waals surface area (Å²) >= 11 is 0. The van der Waals surface area contributed by atoms with Crippen molar-refractivity contribution in [1.82, 2.24) is 4.90 Å². The average molecular weight is 404 g/mol. The molecule has 5 nitrogen and oxygen atoms in total. The van der Waals surface area contributed by atoms with E-state index in [9.17, 15) is 13.5 Å². The summed E-state index contributed by atoms with van der Waals surface area (Å²) in [5, 5.41) is 10.5. The monoisotopic (exact) mass is 403 g/mol. The van der Waals surface area contributed by atoms with E-state index in [-0.39, 0.29) is 24.2 Å². The maximum absolute atomic E-state index is 12.0. The van der Waals surface area contributed by atoms with E-state index in [2.05, 4.69) is 29.2 Å². The van der Waals surface area contributed by atoms with Crippen LogP contribution in [0.4, 0.5) is 0 Å². The standard InChI is InChI=1S/C22H29NO4S/c1-17-6-8-19(9-7-17)13-23(20-10-11-28(25,26)16-20)14-21(24)15-27-22-5-3-4-18(2)12-22/h3-9,12,20-21,24H,10-11,13-16H2,1-2H3. The summed E-state index contributed by atoms with van der Waals surface area (Å²) in [6.45, 7) is 5.19. The van der Waals surface area contributed by atoms with Gasteiger partial charge in [-0.05, 0) is 43.5 Å². The molecule has 0 saturated carbocycles. The summed E-state index contributed by atoms with van der Waals surface area (Å²) < 4.78 is 29.6. The molecule has 1 fully saturated rings. The molecule has 2 atom stereocenters. The van der Waals surface area contributed by atoms with Gasteiger partial charge < -0.3 is 9.84 Å². The highest BCUT2D eigenvalue weighted by atomic mass is 32.2. The highest BCUT2D eigenvalue weighted by Crippen LogP contribution is 2.21. The summed E-state index contributed by atoms with van der Waals surface area (Å²) in [6, 6.07) is 15.9. The molecule has 1 saturated heterocycles. The minimum atomic E-state index is -2.99.